The van der Waals surface area contributed by atoms with Crippen molar-refractivity contribution in [3.05, 3.63) is 18.5 Å². The lowest BCUT2D eigenvalue weighted by atomic mass is 9.97. The highest BCUT2D eigenvalue weighted by atomic mass is 32.2. The van der Waals surface area contributed by atoms with E-state index in [1.54, 1.807) is 11.8 Å². The summed E-state index contributed by atoms with van der Waals surface area (Å²) in [7, 11) is 0. The maximum atomic E-state index is 6.14. The molecule has 8 nitrogen and oxygen atoms in total. The van der Waals surface area contributed by atoms with Crippen molar-refractivity contribution < 1.29 is 4.74 Å². The fourth-order valence-corrected chi connectivity index (χ4v) is 5.57. The lowest BCUT2D eigenvalue weighted by Gasteiger charge is -2.21. The number of thioether (sulfide) groups is 1. The topological polar surface area (TPSA) is 93.9 Å². The maximum Gasteiger partial charge on any atom is 0.175 e. The van der Waals surface area contributed by atoms with Gasteiger partial charge in [-0.1, -0.05) is 20.8 Å². The van der Waals surface area contributed by atoms with Crippen molar-refractivity contribution in [1.29, 1.82) is 0 Å². The van der Waals surface area contributed by atoms with E-state index in [4.69, 9.17) is 15.5 Å². The number of ether oxygens (including phenoxy) is 1. The number of anilines is 2. The summed E-state index contributed by atoms with van der Waals surface area (Å²) in [5.74, 6) is 2.37. The average Bonchev–Trinajstić information content (AvgIpc) is 3.53. The smallest absolute Gasteiger partial charge is 0.175 e. The summed E-state index contributed by atoms with van der Waals surface area (Å²) >= 11 is 3.51. The number of fused-ring (bicyclic) bond motifs is 2. The van der Waals surface area contributed by atoms with Gasteiger partial charge in [0.15, 0.2) is 22.1 Å². The number of aromatic nitrogens is 4. The lowest BCUT2D eigenvalue weighted by Crippen LogP contribution is -2.29. The van der Waals surface area contributed by atoms with Crippen molar-refractivity contribution >= 4 is 46.2 Å². The molecule has 0 amide bonds. The summed E-state index contributed by atoms with van der Waals surface area (Å²) < 4.78 is 8.09. The SMILES string of the molecule is CC(C)(C)CNCCn1c(Sc2cc3c(cc2N2CC2)SCCO3)nc2c(N)ncnc21. The molecule has 170 valence electrons. The molecular formula is C22H29N7OS2. The summed E-state index contributed by atoms with van der Waals surface area (Å²) in [6.45, 7) is 12.1. The average molecular weight is 472 g/mol. The van der Waals surface area contributed by atoms with Crippen LogP contribution < -0.4 is 20.7 Å². The Morgan fingerprint density at radius 2 is 2.09 bits per heavy atom. The molecule has 1 aromatic carbocycles. The first-order chi connectivity index (χ1) is 15.4. The number of hydrogen-bond acceptors (Lipinski definition) is 9. The van der Waals surface area contributed by atoms with Crippen LogP contribution in [-0.2, 0) is 6.54 Å². The van der Waals surface area contributed by atoms with Crippen molar-refractivity contribution in [3.8, 4) is 5.75 Å². The van der Waals surface area contributed by atoms with Crippen LogP contribution >= 0.6 is 23.5 Å². The van der Waals surface area contributed by atoms with E-state index >= 15 is 0 Å². The first kappa shape index (κ1) is 21.7. The van der Waals surface area contributed by atoms with Gasteiger partial charge in [0.2, 0.25) is 0 Å². The van der Waals surface area contributed by atoms with Crippen LogP contribution in [0.3, 0.4) is 0 Å². The molecule has 0 saturated carbocycles. The van der Waals surface area contributed by atoms with Crippen LogP contribution in [0.5, 0.6) is 5.75 Å². The number of nitrogen functional groups attached to an aromatic ring is 1. The highest BCUT2D eigenvalue weighted by Gasteiger charge is 2.26. The predicted octanol–water partition coefficient (Wildman–Crippen LogP) is 3.50. The van der Waals surface area contributed by atoms with Crippen LogP contribution in [0.2, 0.25) is 0 Å². The largest absolute Gasteiger partial charge is 0.492 e. The lowest BCUT2D eigenvalue weighted by molar-refractivity contribution is 0.329. The van der Waals surface area contributed by atoms with Gasteiger partial charge in [-0.2, -0.15) is 0 Å². The zero-order chi connectivity index (χ0) is 22.3. The molecule has 0 unspecified atom stereocenters. The quantitative estimate of drug-likeness (QED) is 0.396. The van der Waals surface area contributed by atoms with Gasteiger partial charge >= 0.3 is 0 Å². The molecule has 4 heterocycles. The summed E-state index contributed by atoms with van der Waals surface area (Å²) in [5.41, 5.74) is 9.05. The number of rotatable bonds is 7. The van der Waals surface area contributed by atoms with Crippen molar-refractivity contribution in [2.45, 2.75) is 42.3 Å². The summed E-state index contributed by atoms with van der Waals surface area (Å²) in [5, 5.41) is 4.42. The molecule has 2 aliphatic heterocycles. The Kier molecular flexibility index (Phi) is 5.85. The van der Waals surface area contributed by atoms with Crippen molar-refractivity contribution in [2.75, 3.05) is 49.2 Å². The Bertz CT molecular complexity index is 1140. The second-order valence-electron chi connectivity index (χ2n) is 9.27. The van der Waals surface area contributed by atoms with E-state index in [0.29, 0.717) is 11.3 Å². The van der Waals surface area contributed by atoms with Crippen molar-refractivity contribution in [2.24, 2.45) is 5.41 Å². The molecule has 0 bridgehead atoms. The number of nitrogens with zero attached hydrogens (tertiary/aromatic N) is 5. The normalized spacial score (nSPS) is 15.7. The van der Waals surface area contributed by atoms with Crippen molar-refractivity contribution in [3.63, 3.8) is 0 Å². The number of hydrogen-bond donors (Lipinski definition) is 2. The Balaban J connectivity index is 1.48. The second kappa shape index (κ2) is 8.64. The third-order valence-electron chi connectivity index (χ3n) is 5.31. The molecule has 0 aliphatic carbocycles. The van der Waals surface area contributed by atoms with Gasteiger partial charge in [-0.05, 0) is 29.3 Å². The molecule has 0 atom stereocenters. The summed E-state index contributed by atoms with van der Waals surface area (Å²) in [6.07, 6.45) is 1.51. The molecular weight excluding hydrogens is 442 g/mol. The van der Waals surface area contributed by atoms with Gasteiger partial charge in [-0.3, -0.25) is 0 Å². The summed E-state index contributed by atoms with van der Waals surface area (Å²) in [6, 6.07) is 4.43. The molecule has 3 N–H and O–H groups in total. The highest BCUT2D eigenvalue weighted by Crippen LogP contribution is 2.45. The van der Waals surface area contributed by atoms with E-state index in [0.717, 1.165) is 66.5 Å². The minimum absolute atomic E-state index is 0.232. The van der Waals surface area contributed by atoms with Gasteiger partial charge in [0.1, 0.15) is 12.1 Å². The molecule has 10 heteroatoms. The van der Waals surface area contributed by atoms with Gasteiger partial charge < -0.3 is 25.3 Å². The summed E-state index contributed by atoms with van der Waals surface area (Å²) in [4.78, 5) is 18.2. The fourth-order valence-electron chi connectivity index (χ4n) is 3.65. The Hall–Kier alpha value is -2.17. The molecule has 3 aromatic rings. The van der Waals surface area contributed by atoms with E-state index in [2.05, 4.69) is 57.7 Å². The molecule has 32 heavy (non-hydrogen) atoms. The second-order valence-corrected chi connectivity index (χ2v) is 11.4. The Labute approximate surface area is 196 Å². The molecule has 2 aliphatic rings. The van der Waals surface area contributed by atoms with Gasteiger partial charge in [-0.15, -0.1) is 11.8 Å². The number of imidazole rings is 1. The monoisotopic (exact) mass is 471 g/mol. The third kappa shape index (κ3) is 4.62. The maximum absolute atomic E-state index is 6.14. The standard InChI is InChI=1S/C22H29N7OS2/c1-22(2,3)12-24-4-5-29-20-18(19(23)25-13-26-20)27-21(29)32-16-11-15-17(31-9-8-30-15)10-14(16)28-6-7-28/h10-11,13,24H,4-9,12H2,1-3H3,(H2,23,25,26). The van der Waals surface area contributed by atoms with E-state index in [9.17, 15) is 0 Å². The molecule has 2 aromatic heterocycles. The van der Waals surface area contributed by atoms with E-state index in [1.807, 2.05) is 11.8 Å². The zero-order valence-electron chi connectivity index (χ0n) is 18.7. The van der Waals surface area contributed by atoms with E-state index in [-0.39, 0.29) is 5.41 Å². The van der Waals surface area contributed by atoms with Crippen LogP contribution in [0.4, 0.5) is 11.5 Å². The first-order valence-corrected chi connectivity index (χ1v) is 12.7. The van der Waals surface area contributed by atoms with Crippen LogP contribution in [0.25, 0.3) is 11.2 Å². The van der Waals surface area contributed by atoms with Crippen LogP contribution in [0.1, 0.15) is 20.8 Å². The highest BCUT2D eigenvalue weighted by molar-refractivity contribution is 7.99. The fraction of sp³-hybridized carbons (Fsp3) is 0.500. The predicted molar refractivity (Wildman–Crippen MR) is 131 cm³/mol. The zero-order valence-corrected chi connectivity index (χ0v) is 20.4. The van der Waals surface area contributed by atoms with Crippen LogP contribution in [-0.4, -0.2) is 58.1 Å². The molecule has 1 saturated heterocycles. The molecule has 1 fully saturated rings. The first-order valence-electron chi connectivity index (χ1n) is 10.9. The van der Waals surface area contributed by atoms with Crippen LogP contribution in [0, 0.1) is 5.41 Å². The molecule has 0 spiro atoms. The Morgan fingerprint density at radius 1 is 1.25 bits per heavy atom. The van der Waals surface area contributed by atoms with Gasteiger partial charge in [0.25, 0.3) is 0 Å². The number of benzene rings is 1. The number of nitrogens with one attached hydrogen (secondary N) is 1. The minimum Gasteiger partial charge on any atom is -0.492 e. The third-order valence-corrected chi connectivity index (χ3v) is 7.35. The van der Waals surface area contributed by atoms with Gasteiger partial charge in [-0.25, -0.2) is 15.0 Å². The van der Waals surface area contributed by atoms with Gasteiger partial charge in [0, 0.05) is 43.4 Å². The van der Waals surface area contributed by atoms with Crippen molar-refractivity contribution in [1.82, 2.24) is 24.8 Å². The van der Waals surface area contributed by atoms with E-state index in [1.165, 1.54) is 16.9 Å². The Morgan fingerprint density at radius 3 is 2.88 bits per heavy atom. The van der Waals surface area contributed by atoms with Gasteiger partial charge in [0.05, 0.1) is 17.2 Å². The molecule has 5 rings (SSSR count). The van der Waals surface area contributed by atoms with Crippen LogP contribution in [0.15, 0.2) is 33.4 Å². The van der Waals surface area contributed by atoms with E-state index < -0.39 is 0 Å². The molecule has 0 radical (unpaired) electrons. The number of nitrogens with two attached hydrogens (primary N) is 1. The minimum atomic E-state index is 0.232.